The highest BCUT2D eigenvalue weighted by molar-refractivity contribution is 5.80. The molecule has 3 rings (SSSR count). The molecule has 1 amide bonds. The van der Waals surface area contributed by atoms with Gasteiger partial charge in [-0.15, -0.1) is 0 Å². The lowest BCUT2D eigenvalue weighted by atomic mass is 10.1. The van der Waals surface area contributed by atoms with E-state index in [0.717, 1.165) is 36.1 Å². The van der Waals surface area contributed by atoms with E-state index in [1.165, 1.54) is 5.56 Å². The molecule has 0 saturated heterocycles. The molecule has 5 nitrogen and oxygen atoms in total. The van der Waals surface area contributed by atoms with Gasteiger partial charge in [0.15, 0.2) is 0 Å². The number of aromatic nitrogens is 1. The molecule has 0 spiro atoms. The maximum Gasteiger partial charge on any atom is 0.251 e. The summed E-state index contributed by atoms with van der Waals surface area (Å²) in [4.78, 5) is 29.7. The van der Waals surface area contributed by atoms with E-state index in [-0.39, 0.29) is 11.5 Å². The maximum atomic E-state index is 12.3. The van der Waals surface area contributed by atoms with Gasteiger partial charge in [-0.3, -0.25) is 14.5 Å². The zero-order valence-corrected chi connectivity index (χ0v) is 17.2. The standard InChI is InChI=1S/C24H29N3O2/c1-3-27(17-19-7-5-4-6-8-19)14-13-25-23(28)12-11-21-16-20-10-9-18(2)15-22(20)26-24(21)29/h4-10,15-16H,3,11-14,17H2,1-2H3,(H,25,28)(H,26,29). The van der Waals surface area contributed by atoms with Crippen molar-refractivity contribution < 1.29 is 4.79 Å². The van der Waals surface area contributed by atoms with Gasteiger partial charge in [0.2, 0.25) is 5.91 Å². The van der Waals surface area contributed by atoms with Gasteiger partial charge in [0.05, 0.1) is 0 Å². The first kappa shape index (κ1) is 20.8. The summed E-state index contributed by atoms with van der Waals surface area (Å²) in [5, 5.41) is 3.97. The summed E-state index contributed by atoms with van der Waals surface area (Å²) in [7, 11) is 0. The number of carbonyl (C=O) groups excluding carboxylic acids is 1. The number of rotatable bonds is 9. The summed E-state index contributed by atoms with van der Waals surface area (Å²) >= 11 is 0. The SMILES string of the molecule is CCN(CCNC(=O)CCc1cc2ccc(C)cc2[nH]c1=O)Cc1ccccc1. The predicted octanol–water partition coefficient (Wildman–Crippen LogP) is 3.41. The molecule has 152 valence electrons. The Labute approximate surface area is 171 Å². The second-order valence-electron chi connectivity index (χ2n) is 7.42. The van der Waals surface area contributed by atoms with E-state index in [1.54, 1.807) is 0 Å². The summed E-state index contributed by atoms with van der Waals surface area (Å²) in [6, 6.07) is 18.2. The number of benzene rings is 2. The number of aryl methyl sites for hydroxylation is 2. The molecule has 0 aliphatic rings. The molecule has 0 aliphatic carbocycles. The number of hydrogen-bond acceptors (Lipinski definition) is 3. The Morgan fingerprint density at radius 1 is 1.10 bits per heavy atom. The lowest BCUT2D eigenvalue weighted by molar-refractivity contribution is -0.121. The Kier molecular flexibility index (Phi) is 7.19. The quantitative estimate of drug-likeness (QED) is 0.587. The van der Waals surface area contributed by atoms with Crippen molar-refractivity contribution in [3.8, 4) is 0 Å². The van der Waals surface area contributed by atoms with Gasteiger partial charge in [0.25, 0.3) is 5.56 Å². The zero-order chi connectivity index (χ0) is 20.6. The largest absolute Gasteiger partial charge is 0.355 e. The summed E-state index contributed by atoms with van der Waals surface area (Å²) in [5.74, 6) is -0.0239. The molecule has 0 unspecified atom stereocenters. The highest BCUT2D eigenvalue weighted by atomic mass is 16.1. The van der Waals surface area contributed by atoms with E-state index in [1.807, 2.05) is 49.4 Å². The fourth-order valence-electron chi connectivity index (χ4n) is 3.43. The topological polar surface area (TPSA) is 65.2 Å². The number of likely N-dealkylation sites (N-methyl/N-ethyl adjacent to an activating group) is 1. The van der Waals surface area contributed by atoms with Crippen LogP contribution in [0.25, 0.3) is 10.9 Å². The van der Waals surface area contributed by atoms with Crippen LogP contribution < -0.4 is 10.9 Å². The number of nitrogens with zero attached hydrogens (tertiary/aromatic N) is 1. The monoisotopic (exact) mass is 391 g/mol. The average molecular weight is 392 g/mol. The van der Waals surface area contributed by atoms with Crippen molar-refractivity contribution in [1.29, 1.82) is 0 Å². The van der Waals surface area contributed by atoms with E-state index in [4.69, 9.17) is 0 Å². The lowest BCUT2D eigenvalue weighted by Crippen LogP contribution is -2.34. The van der Waals surface area contributed by atoms with Gasteiger partial charge in [-0.25, -0.2) is 0 Å². The maximum absolute atomic E-state index is 12.3. The second-order valence-corrected chi connectivity index (χ2v) is 7.42. The van der Waals surface area contributed by atoms with Gasteiger partial charge >= 0.3 is 0 Å². The van der Waals surface area contributed by atoms with Gasteiger partial charge in [0.1, 0.15) is 0 Å². The van der Waals surface area contributed by atoms with Crippen LogP contribution in [-0.4, -0.2) is 35.4 Å². The van der Waals surface area contributed by atoms with E-state index >= 15 is 0 Å². The molecule has 3 aromatic rings. The molecule has 0 atom stereocenters. The van der Waals surface area contributed by atoms with Crippen molar-refractivity contribution in [2.75, 3.05) is 19.6 Å². The first-order valence-electron chi connectivity index (χ1n) is 10.2. The Morgan fingerprint density at radius 2 is 1.90 bits per heavy atom. The van der Waals surface area contributed by atoms with E-state index in [2.05, 4.69) is 34.3 Å². The van der Waals surface area contributed by atoms with Crippen LogP contribution in [0.3, 0.4) is 0 Å². The van der Waals surface area contributed by atoms with E-state index < -0.39 is 0 Å². The molecule has 0 radical (unpaired) electrons. The highest BCUT2D eigenvalue weighted by Crippen LogP contribution is 2.13. The van der Waals surface area contributed by atoms with Crippen LogP contribution in [0.1, 0.15) is 30.0 Å². The Hall–Kier alpha value is -2.92. The third kappa shape index (κ3) is 6.03. The van der Waals surface area contributed by atoms with Crippen LogP contribution in [0.15, 0.2) is 59.4 Å². The van der Waals surface area contributed by atoms with Crippen molar-refractivity contribution in [2.24, 2.45) is 0 Å². The molecule has 0 fully saturated rings. The van der Waals surface area contributed by atoms with E-state index in [9.17, 15) is 9.59 Å². The van der Waals surface area contributed by atoms with Crippen LogP contribution in [-0.2, 0) is 17.8 Å². The first-order valence-corrected chi connectivity index (χ1v) is 10.2. The third-order valence-electron chi connectivity index (χ3n) is 5.15. The zero-order valence-electron chi connectivity index (χ0n) is 17.2. The van der Waals surface area contributed by atoms with Crippen LogP contribution in [0, 0.1) is 6.92 Å². The third-order valence-corrected chi connectivity index (χ3v) is 5.15. The van der Waals surface area contributed by atoms with Crippen molar-refractivity contribution in [1.82, 2.24) is 15.2 Å². The molecular formula is C24H29N3O2. The number of carbonyl (C=O) groups is 1. The second kappa shape index (κ2) is 10.0. The summed E-state index contributed by atoms with van der Waals surface area (Å²) in [5.41, 5.74) is 3.74. The molecule has 0 aliphatic heterocycles. The van der Waals surface area contributed by atoms with Gasteiger partial charge < -0.3 is 10.3 Å². The molecule has 1 aromatic heterocycles. The fraction of sp³-hybridized carbons (Fsp3) is 0.333. The van der Waals surface area contributed by atoms with Crippen LogP contribution in [0.2, 0.25) is 0 Å². The molecule has 1 heterocycles. The fourth-order valence-corrected chi connectivity index (χ4v) is 3.43. The van der Waals surface area contributed by atoms with Gasteiger partial charge in [-0.1, -0.05) is 49.4 Å². The van der Waals surface area contributed by atoms with Crippen LogP contribution in [0.5, 0.6) is 0 Å². The number of hydrogen-bond donors (Lipinski definition) is 2. The molecule has 0 bridgehead atoms. The van der Waals surface area contributed by atoms with Crippen molar-refractivity contribution in [3.05, 3.63) is 81.6 Å². The number of nitrogens with one attached hydrogen (secondary N) is 2. The first-order chi connectivity index (χ1) is 14.0. The average Bonchev–Trinajstić information content (AvgIpc) is 2.72. The number of fused-ring (bicyclic) bond motifs is 1. The van der Waals surface area contributed by atoms with Gasteiger partial charge in [-0.2, -0.15) is 0 Å². The Bertz CT molecular complexity index is 1010. The van der Waals surface area contributed by atoms with Gasteiger partial charge in [-0.05, 0) is 48.5 Å². The summed E-state index contributed by atoms with van der Waals surface area (Å²) < 4.78 is 0. The molecule has 5 heteroatoms. The summed E-state index contributed by atoms with van der Waals surface area (Å²) in [6.07, 6.45) is 0.748. The molecule has 2 aromatic carbocycles. The Morgan fingerprint density at radius 3 is 2.66 bits per heavy atom. The highest BCUT2D eigenvalue weighted by Gasteiger charge is 2.08. The number of amides is 1. The van der Waals surface area contributed by atoms with Crippen molar-refractivity contribution in [2.45, 2.75) is 33.2 Å². The summed E-state index contributed by atoms with van der Waals surface area (Å²) in [6.45, 7) is 7.32. The molecule has 0 saturated carbocycles. The van der Waals surface area contributed by atoms with Crippen molar-refractivity contribution >= 4 is 16.8 Å². The van der Waals surface area contributed by atoms with E-state index in [0.29, 0.717) is 24.9 Å². The minimum Gasteiger partial charge on any atom is -0.355 e. The number of pyridine rings is 1. The van der Waals surface area contributed by atoms with Crippen LogP contribution in [0.4, 0.5) is 0 Å². The predicted molar refractivity (Wildman–Crippen MR) is 118 cm³/mol. The Balaban J connectivity index is 1.47. The lowest BCUT2D eigenvalue weighted by Gasteiger charge is -2.20. The van der Waals surface area contributed by atoms with Crippen molar-refractivity contribution in [3.63, 3.8) is 0 Å². The molecular weight excluding hydrogens is 362 g/mol. The minimum absolute atomic E-state index is 0.0239. The van der Waals surface area contributed by atoms with Crippen LogP contribution >= 0.6 is 0 Å². The molecule has 29 heavy (non-hydrogen) atoms. The number of aromatic amines is 1. The number of H-pyrrole nitrogens is 1. The normalized spacial score (nSPS) is 11.1. The minimum atomic E-state index is -0.115. The smallest absolute Gasteiger partial charge is 0.251 e. The molecule has 2 N–H and O–H groups in total. The van der Waals surface area contributed by atoms with Gasteiger partial charge in [0, 0.05) is 37.1 Å².